The zero-order valence-corrected chi connectivity index (χ0v) is 10.3. The number of nitrogens with zero attached hydrogens (tertiary/aromatic N) is 1. The van der Waals surface area contributed by atoms with Crippen molar-refractivity contribution in [2.24, 2.45) is 5.73 Å². The molecule has 1 aromatic carbocycles. The molecule has 0 unspecified atom stereocenters. The van der Waals surface area contributed by atoms with Gasteiger partial charge in [0.25, 0.3) is 0 Å². The molecular weight excluding hydrogens is 224 g/mol. The summed E-state index contributed by atoms with van der Waals surface area (Å²) < 4.78 is 2.38. The van der Waals surface area contributed by atoms with Crippen molar-refractivity contribution in [2.45, 2.75) is 23.7 Å². The van der Waals surface area contributed by atoms with Gasteiger partial charge in [-0.2, -0.15) is 0 Å². The number of fused-ring (bicyclic) bond motifs is 1. The van der Waals surface area contributed by atoms with Crippen LogP contribution in [0, 0.1) is 0 Å². The minimum Gasteiger partial charge on any atom is -0.327 e. The highest BCUT2D eigenvalue weighted by Gasteiger charge is 2.05. The van der Waals surface area contributed by atoms with E-state index in [1.807, 2.05) is 12.1 Å². The van der Waals surface area contributed by atoms with Crippen molar-refractivity contribution in [1.82, 2.24) is 4.98 Å². The average Bonchev–Trinajstić information content (AvgIpc) is 2.68. The Morgan fingerprint density at radius 3 is 3.00 bits per heavy atom. The number of rotatable bonds is 4. The molecule has 0 radical (unpaired) electrons. The first-order valence-electron chi connectivity index (χ1n) is 5.03. The normalized spacial score (nSPS) is 13.2. The van der Waals surface area contributed by atoms with Gasteiger partial charge < -0.3 is 5.73 Å². The van der Waals surface area contributed by atoms with Gasteiger partial charge in [-0.15, -0.1) is 11.3 Å². The fraction of sp³-hybridized carbons (Fsp3) is 0.364. The van der Waals surface area contributed by atoms with Crippen molar-refractivity contribution in [1.29, 1.82) is 0 Å². The number of aromatic nitrogens is 1. The molecular formula is C11H14N2S2. The van der Waals surface area contributed by atoms with Crippen molar-refractivity contribution in [3.63, 3.8) is 0 Å². The third-order valence-corrected chi connectivity index (χ3v) is 4.59. The van der Waals surface area contributed by atoms with Gasteiger partial charge in [0.15, 0.2) is 4.34 Å². The first-order chi connectivity index (χ1) is 7.29. The summed E-state index contributed by atoms with van der Waals surface area (Å²) in [4.78, 5) is 4.54. The van der Waals surface area contributed by atoms with Crippen molar-refractivity contribution in [3.05, 3.63) is 24.3 Å². The highest BCUT2D eigenvalue weighted by molar-refractivity contribution is 8.01. The summed E-state index contributed by atoms with van der Waals surface area (Å²) in [5, 5.41) is 0. The van der Waals surface area contributed by atoms with Gasteiger partial charge in [0.2, 0.25) is 0 Å². The van der Waals surface area contributed by atoms with E-state index in [-0.39, 0.29) is 6.04 Å². The molecule has 0 aliphatic heterocycles. The number of nitrogens with two attached hydrogens (primary N) is 1. The summed E-state index contributed by atoms with van der Waals surface area (Å²) in [5.41, 5.74) is 6.96. The molecule has 2 rings (SSSR count). The fourth-order valence-electron chi connectivity index (χ4n) is 1.21. The first-order valence-corrected chi connectivity index (χ1v) is 6.83. The summed E-state index contributed by atoms with van der Waals surface area (Å²) in [6.45, 7) is 2.11. The molecule has 1 aromatic heterocycles. The SMILES string of the molecule is CC[C@@H](N)CSc1nc2ccccc2s1. The molecule has 0 bridgehead atoms. The van der Waals surface area contributed by atoms with Crippen LogP contribution in [0.3, 0.4) is 0 Å². The van der Waals surface area contributed by atoms with Crippen molar-refractivity contribution >= 4 is 33.3 Å². The van der Waals surface area contributed by atoms with Gasteiger partial charge in [-0.3, -0.25) is 0 Å². The number of para-hydroxylation sites is 1. The average molecular weight is 238 g/mol. The van der Waals surface area contributed by atoms with Gasteiger partial charge in [0.05, 0.1) is 10.2 Å². The van der Waals surface area contributed by atoms with Gasteiger partial charge >= 0.3 is 0 Å². The van der Waals surface area contributed by atoms with Crippen molar-refractivity contribution < 1.29 is 0 Å². The summed E-state index contributed by atoms with van der Waals surface area (Å²) in [6.07, 6.45) is 1.03. The minimum atomic E-state index is 0.280. The monoisotopic (exact) mass is 238 g/mol. The molecule has 0 saturated carbocycles. The van der Waals surface area contributed by atoms with E-state index < -0.39 is 0 Å². The van der Waals surface area contributed by atoms with E-state index in [2.05, 4.69) is 24.0 Å². The highest BCUT2D eigenvalue weighted by atomic mass is 32.2. The van der Waals surface area contributed by atoms with Gasteiger partial charge in [0.1, 0.15) is 0 Å². The van der Waals surface area contributed by atoms with E-state index in [4.69, 9.17) is 5.73 Å². The van der Waals surface area contributed by atoms with Crippen LogP contribution in [0.4, 0.5) is 0 Å². The summed E-state index contributed by atoms with van der Waals surface area (Å²) in [6, 6.07) is 8.51. The van der Waals surface area contributed by atoms with Crippen LogP contribution in [-0.2, 0) is 0 Å². The molecule has 0 amide bonds. The molecule has 2 nitrogen and oxygen atoms in total. The van der Waals surface area contributed by atoms with Crippen LogP contribution in [0.15, 0.2) is 28.6 Å². The Balaban J connectivity index is 2.09. The summed E-state index contributed by atoms with van der Waals surface area (Å²) in [5.74, 6) is 0.955. The molecule has 1 heterocycles. The van der Waals surface area contributed by atoms with Gasteiger partial charge in [-0.1, -0.05) is 30.8 Å². The van der Waals surface area contributed by atoms with Crippen LogP contribution in [0.1, 0.15) is 13.3 Å². The Morgan fingerprint density at radius 2 is 2.27 bits per heavy atom. The molecule has 0 saturated heterocycles. The Bertz CT molecular complexity index is 406. The molecule has 2 N–H and O–H groups in total. The number of benzene rings is 1. The minimum absolute atomic E-state index is 0.280. The molecule has 15 heavy (non-hydrogen) atoms. The number of hydrogen-bond acceptors (Lipinski definition) is 4. The van der Waals surface area contributed by atoms with E-state index in [1.165, 1.54) is 4.70 Å². The van der Waals surface area contributed by atoms with E-state index in [0.717, 1.165) is 22.0 Å². The maximum absolute atomic E-state index is 5.87. The Labute approximate surface area is 97.9 Å². The Morgan fingerprint density at radius 1 is 1.47 bits per heavy atom. The number of hydrogen-bond donors (Lipinski definition) is 1. The Hall–Kier alpha value is -0.580. The maximum atomic E-state index is 5.87. The molecule has 0 aliphatic carbocycles. The lowest BCUT2D eigenvalue weighted by molar-refractivity contribution is 0.725. The molecule has 0 spiro atoms. The zero-order valence-electron chi connectivity index (χ0n) is 8.64. The van der Waals surface area contributed by atoms with Crippen LogP contribution in [0.2, 0.25) is 0 Å². The molecule has 0 fully saturated rings. The van der Waals surface area contributed by atoms with Crippen LogP contribution < -0.4 is 5.73 Å². The van der Waals surface area contributed by atoms with Crippen LogP contribution >= 0.6 is 23.1 Å². The van der Waals surface area contributed by atoms with E-state index in [1.54, 1.807) is 23.1 Å². The Kier molecular flexibility index (Phi) is 3.61. The number of thioether (sulfide) groups is 1. The lowest BCUT2D eigenvalue weighted by atomic mass is 10.3. The van der Waals surface area contributed by atoms with Crippen molar-refractivity contribution in [2.75, 3.05) is 5.75 Å². The standard InChI is InChI=1S/C11H14N2S2/c1-2-8(12)7-14-11-13-9-5-3-4-6-10(9)15-11/h3-6,8H,2,7,12H2,1H3/t8-/m1/s1. The summed E-state index contributed by atoms with van der Waals surface area (Å²) in [7, 11) is 0. The van der Waals surface area contributed by atoms with Gasteiger partial charge in [-0.25, -0.2) is 4.98 Å². The maximum Gasteiger partial charge on any atom is 0.151 e. The van der Waals surface area contributed by atoms with Gasteiger partial charge in [-0.05, 0) is 18.6 Å². The second kappa shape index (κ2) is 4.96. The van der Waals surface area contributed by atoms with E-state index in [9.17, 15) is 0 Å². The fourth-order valence-corrected chi connectivity index (χ4v) is 3.37. The number of thiazole rings is 1. The third kappa shape index (κ3) is 2.71. The second-order valence-electron chi connectivity index (χ2n) is 3.43. The highest BCUT2D eigenvalue weighted by Crippen LogP contribution is 2.29. The van der Waals surface area contributed by atoms with Crippen LogP contribution in [0.5, 0.6) is 0 Å². The first kappa shape index (κ1) is 10.9. The molecule has 80 valence electrons. The molecule has 0 aliphatic rings. The lowest BCUT2D eigenvalue weighted by Crippen LogP contribution is -2.21. The summed E-state index contributed by atoms with van der Waals surface area (Å²) >= 11 is 3.51. The largest absolute Gasteiger partial charge is 0.327 e. The lowest BCUT2D eigenvalue weighted by Gasteiger charge is -2.04. The van der Waals surface area contributed by atoms with Crippen molar-refractivity contribution in [3.8, 4) is 0 Å². The predicted molar refractivity (Wildman–Crippen MR) is 68.6 cm³/mol. The quantitative estimate of drug-likeness (QED) is 0.832. The van der Waals surface area contributed by atoms with Crippen LogP contribution in [-0.4, -0.2) is 16.8 Å². The predicted octanol–water partition coefficient (Wildman–Crippen LogP) is 3.13. The van der Waals surface area contributed by atoms with E-state index in [0.29, 0.717) is 0 Å². The molecule has 2 aromatic rings. The molecule has 4 heteroatoms. The molecule has 1 atom stereocenters. The smallest absolute Gasteiger partial charge is 0.151 e. The third-order valence-electron chi connectivity index (χ3n) is 2.22. The van der Waals surface area contributed by atoms with Gasteiger partial charge in [0, 0.05) is 11.8 Å². The van der Waals surface area contributed by atoms with E-state index >= 15 is 0 Å². The zero-order chi connectivity index (χ0) is 10.7. The topological polar surface area (TPSA) is 38.9 Å². The van der Waals surface area contributed by atoms with Crippen LogP contribution in [0.25, 0.3) is 10.2 Å². The second-order valence-corrected chi connectivity index (χ2v) is 5.72.